The summed E-state index contributed by atoms with van der Waals surface area (Å²) in [4.78, 5) is 0. The first-order chi connectivity index (χ1) is 7.54. The van der Waals surface area contributed by atoms with Crippen LogP contribution in [0.15, 0.2) is 37.5 Å². The van der Waals surface area contributed by atoms with Crippen LogP contribution in [0.1, 0.15) is 0 Å². The fourth-order valence-electron chi connectivity index (χ4n) is 1.88. The van der Waals surface area contributed by atoms with Crippen molar-refractivity contribution < 1.29 is 9.13 Å². The molecule has 0 bridgehead atoms. The Labute approximate surface area is 98.3 Å². The third-order valence-corrected chi connectivity index (χ3v) is 8.91. The van der Waals surface area contributed by atoms with E-state index in [1.54, 1.807) is 12.2 Å². The second kappa shape index (κ2) is 5.84. The minimum atomic E-state index is -2.25. The monoisotopic (exact) mass is 258 g/mol. The average molecular weight is 258 g/mol. The Kier molecular flexibility index (Phi) is 5.02. The van der Waals surface area contributed by atoms with E-state index in [1.165, 1.54) is 0 Å². The summed E-state index contributed by atoms with van der Waals surface area (Å²) >= 11 is 0. The van der Waals surface area contributed by atoms with Crippen LogP contribution < -0.4 is 0 Å². The van der Waals surface area contributed by atoms with Crippen LogP contribution in [0.3, 0.4) is 0 Å². The van der Waals surface area contributed by atoms with Gasteiger partial charge in [-0.2, -0.15) is 0 Å². The summed E-state index contributed by atoms with van der Waals surface area (Å²) in [5.41, 5.74) is 0. The fraction of sp³-hybridized carbons (Fsp3) is 0.500. The molecule has 1 aliphatic heterocycles. The Morgan fingerprint density at radius 2 is 1.69 bits per heavy atom. The molecule has 0 aliphatic carbocycles. The molecule has 90 valence electrons. The van der Waals surface area contributed by atoms with E-state index < -0.39 is 14.3 Å². The molecule has 1 aliphatic rings. The Hall–Kier alpha value is -0.320. The van der Waals surface area contributed by atoms with E-state index in [4.69, 9.17) is 0 Å². The summed E-state index contributed by atoms with van der Waals surface area (Å²) in [7, 11) is -4.32. The molecule has 0 N–H and O–H groups in total. The summed E-state index contributed by atoms with van der Waals surface area (Å²) < 4.78 is 24.7. The van der Waals surface area contributed by atoms with Gasteiger partial charge in [-0.05, 0) is 0 Å². The topological polar surface area (TPSA) is 34.1 Å². The Balaban J connectivity index is 2.56. The zero-order valence-electron chi connectivity index (χ0n) is 9.68. The van der Waals surface area contributed by atoms with Crippen molar-refractivity contribution in [3.05, 3.63) is 37.5 Å². The molecule has 0 unspecified atom stereocenters. The Morgan fingerprint density at radius 3 is 2.12 bits per heavy atom. The number of hydrogen-bond donors (Lipinski definition) is 0. The zero-order valence-corrected chi connectivity index (χ0v) is 11.5. The molecule has 0 fully saturated rings. The fourth-order valence-corrected chi connectivity index (χ4v) is 7.83. The quantitative estimate of drug-likeness (QED) is 0.516. The average Bonchev–Trinajstić information content (AvgIpc) is 2.64. The molecule has 0 aromatic heterocycles. The molecule has 0 atom stereocenters. The van der Waals surface area contributed by atoms with Crippen LogP contribution in [0.5, 0.6) is 0 Å². The van der Waals surface area contributed by atoms with Gasteiger partial charge in [0.05, 0.1) is 14.3 Å². The standard InChI is InChI=1S/C12H20O2P2/c1-3-7-15(13,8-4-2)11-12-16(14)9-5-6-10-16/h3-6H,1-2,7-12H2. The first-order valence-corrected chi connectivity index (χ1v) is 10.1. The molecule has 1 rings (SSSR count). The lowest BCUT2D eigenvalue weighted by atomic mass is 10.6. The van der Waals surface area contributed by atoms with Crippen molar-refractivity contribution >= 4 is 14.3 Å². The van der Waals surface area contributed by atoms with Gasteiger partial charge >= 0.3 is 0 Å². The van der Waals surface area contributed by atoms with E-state index in [0.717, 1.165) is 0 Å². The first-order valence-electron chi connectivity index (χ1n) is 5.55. The van der Waals surface area contributed by atoms with Gasteiger partial charge in [-0.1, -0.05) is 24.3 Å². The van der Waals surface area contributed by atoms with Crippen LogP contribution in [-0.2, 0) is 9.13 Å². The molecule has 0 aromatic carbocycles. The third-order valence-electron chi connectivity index (χ3n) is 2.88. The summed E-state index contributed by atoms with van der Waals surface area (Å²) in [6.45, 7) is 7.27. The van der Waals surface area contributed by atoms with Crippen molar-refractivity contribution in [1.82, 2.24) is 0 Å². The highest BCUT2D eigenvalue weighted by Gasteiger charge is 2.27. The Bertz CT molecular complexity index is 356. The molecule has 0 amide bonds. The van der Waals surface area contributed by atoms with Crippen LogP contribution in [0.25, 0.3) is 0 Å². The lowest BCUT2D eigenvalue weighted by molar-refractivity contribution is 0.573. The Morgan fingerprint density at radius 1 is 1.19 bits per heavy atom. The zero-order chi connectivity index (χ0) is 12.1. The molecule has 0 spiro atoms. The van der Waals surface area contributed by atoms with Gasteiger partial charge in [0.1, 0.15) is 0 Å². The van der Waals surface area contributed by atoms with Crippen LogP contribution in [0, 0.1) is 0 Å². The number of hydrogen-bond acceptors (Lipinski definition) is 2. The molecule has 16 heavy (non-hydrogen) atoms. The maximum absolute atomic E-state index is 12.4. The van der Waals surface area contributed by atoms with Crippen molar-refractivity contribution in [1.29, 1.82) is 0 Å². The summed E-state index contributed by atoms with van der Waals surface area (Å²) in [5.74, 6) is 0. The van der Waals surface area contributed by atoms with Gasteiger partial charge < -0.3 is 9.13 Å². The molecule has 1 heterocycles. The predicted molar refractivity (Wildman–Crippen MR) is 73.9 cm³/mol. The lowest BCUT2D eigenvalue weighted by Crippen LogP contribution is -2.04. The van der Waals surface area contributed by atoms with Gasteiger partial charge in [0, 0.05) is 37.0 Å². The van der Waals surface area contributed by atoms with Crippen molar-refractivity contribution in [2.75, 3.05) is 37.0 Å². The maximum atomic E-state index is 12.4. The van der Waals surface area contributed by atoms with Crippen molar-refractivity contribution in [3.8, 4) is 0 Å². The summed E-state index contributed by atoms with van der Waals surface area (Å²) in [5, 5.41) is 0. The molecule has 4 heteroatoms. The predicted octanol–water partition coefficient (Wildman–Crippen LogP) is 3.65. The molecule has 0 saturated heterocycles. The molecule has 2 nitrogen and oxygen atoms in total. The summed E-state index contributed by atoms with van der Waals surface area (Å²) in [6.07, 6.45) is 11.0. The van der Waals surface area contributed by atoms with Crippen LogP contribution in [0.2, 0.25) is 0 Å². The minimum Gasteiger partial charge on any atom is -0.323 e. The molecular formula is C12H20O2P2. The molecule has 0 saturated carbocycles. The van der Waals surface area contributed by atoms with Gasteiger partial charge in [-0.3, -0.25) is 0 Å². The van der Waals surface area contributed by atoms with E-state index in [2.05, 4.69) is 13.2 Å². The van der Waals surface area contributed by atoms with E-state index >= 15 is 0 Å². The van der Waals surface area contributed by atoms with Crippen molar-refractivity contribution in [2.45, 2.75) is 0 Å². The number of rotatable bonds is 7. The highest BCUT2D eigenvalue weighted by molar-refractivity contribution is 7.68. The van der Waals surface area contributed by atoms with E-state index in [1.807, 2.05) is 12.2 Å². The van der Waals surface area contributed by atoms with Crippen LogP contribution in [0.4, 0.5) is 0 Å². The normalized spacial score (nSPS) is 18.5. The van der Waals surface area contributed by atoms with Gasteiger partial charge in [0.15, 0.2) is 0 Å². The first kappa shape index (κ1) is 13.7. The highest BCUT2D eigenvalue weighted by atomic mass is 31.2. The molecule has 0 radical (unpaired) electrons. The molecule has 0 aromatic rings. The lowest BCUT2D eigenvalue weighted by Gasteiger charge is -2.17. The maximum Gasteiger partial charge on any atom is 0.0953 e. The SMILES string of the molecule is C=CCP(=O)(CC=C)CCP1(=O)CC=CC1. The van der Waals surface area contributed by atoms with Gasteiger partial charge in [0.2, 0.25) is 0 Å². The van der Waals surface area contributed by atoms with Crippen molar-refractivity contribution in [3.63, 3.8) is 0 Å². The highest BCUT2D eigenvalue weighted by Crippen LogP contribution is 2.54. The van der Waals surface area contributed by atoms with Gasteiger partial charge in [0.25, 0.3) is 0 Å². The van der Waals surface area contributed by atoms with E-state index in [9.17, 15) is 9.13 Å². The largest absolute Gasteiger partial charge is 0.323 e. The summed E-state index contributed by atoms with van der Waals surface area (Å²) in [6, 6.07) is 0. The molecular weight excluding hydrogens is 238 g/mol. The second-order valence-electron chi connectivity index (χ2n) is 4.34. The minimum absolute atomic E-state index is 0.534. The van der Waals surface area contributed by atoms with E-state index in [-0.39, 0.29) is 0 Å². The van der Waals surface area contributed by atoms with Crippen molar-refractivity contribution in [2.24, 2.45) is 0 Å². The van der Waals surface area contributed by atoms with Gasteiger partial charge in [-0.25, -0.2) is 0 Å². The van der Waals surface area contributed by atoms with Gasteiger partial charge in [-0.15, -0.1) is 13.2 Å². The van der Waals surface area contributed by atoms with Crippen LogP contribution in [-0.4, -0.2) is 37.0 Å². The van der Waals surface area contributed by atoms with Crippen LogP contribution >= 0.6 is 14.3 Å². The smallest absolute Gasteiger partial charge is 0.0953 e. The van der Waals surface area contributed by atoms with E-state index in [0.29, 0.717) is 37.0 Å². The number of allylic oxidation sites excluding steroid dienone is 4. The second-order valence-corrected chi connectivity index (χ2v) is 10.9. The third kappa shape index (κ3) is 3.92.